The molecule has 0 bridgehead atoms. The predicted molar refractivity (Wildman–Crippen MR) is 132 cm³/mol. The van der Waals surface area contributed by atoms with E-state index in [1.807, 2.05) is 0 Å². The molecular weight excluding hydrogens is 475 g/mol. The Morgan fingerprint density at radius 1 is 1.15 bits per heavy atom. The van der Waals surface area contributed by atoms with Gasteiger partial charge in [0.1, 0.15) is 18.5 Å². The summed E-state index contributed by atoms with van der Waals surface area (Å²) in [4.78, 5) is 10.5. The van der Waals surface area contributed by atoms with Crippen LogP contribution in [0.1, 0.15) is 35.1 Å². The molecule has 2 aromatic heterocycles. The predicted octanol–water partition coefficient (Wildman–Crippen LogP) is 4.84. The lowest BCUT2D eigenvalue weighted by molar-refractivity contribution is 0.284. The topological polar surface area (TPSA) is 121 Å². The van der Waals surface area contributed by atoms with E-state index in [2.05, 4.69) is 20.9 Å². The van der Waals surface area contributed by atoms with Gasteiger partial charge in [-0.05, 0) is 25.0 Å². The van der Waals surface area contributed by atoms with Crippen LogP contribution >= 0.6 is 23.2 Å². The van der Waals surface area contributed by atoms with Crippen LogP contribution in [0, 0.1) is 16.7 Å². The van der Waals surface area contributed by atoms with Crippen LogP contribution in [0.15, 0.2) is 36.8 Å². The summed E-state index contributed by atoms with van der Waals surface area (Å²) in [7, 11) is 1.50. The van der Waals surface area contributed by atoms with Gasteiger partial charge in [-0.1, -0.05) is 23.2 Å². The molecule has 0 unspecified atom stereocenters. The fourth-order valence-corrected chi connectivity index (χ4v) is 4.28. The van der Waals surface area contributed by atoms with Crippen molar-refractivity contribution in [3.05, 3.63) is 69.1 Å². The molecule has 0 radical (unpaired) electrons. The molecule has 0 atom stereocenters. The van der Waals surface area contributed by atoms with E-state index >= 15 is 0 Å². The van der Waals surface area contributed by atoms with Gasteiger partial charge >= 0.3 is 0 Å². The number of nitrogens with two attached hydrogens (primary N) is 1. The number of nitrogens with zero attached hydrogens (tertiary/aromatic N) is 4. The molecule has 3 heterocycles. The summed E-state index contributed by atoms with van der Waals surface area (Å²) in [6, 6.07) is 7.09. The number of methoxy groups -OCH3 is 1. The van der Waals surface area contributed by atoms with Crippen LogP contribution in [0.25, 0.3) is 0 Å². The van der Waals surface area contributed by atoms with E-state index in [0.717, 1.165) is 25.9 Å². The zero-order valence-electron chi connectivity index (χ0n) is 18.4. The number of anilines is 2. The van der Waals surface area contributed by atoms with Crippen LogP contribution in [0.3, 0.4) is 0 Å². The highest BCUT2D eigenvalue weighted by atomic mass is 35.5. The standard InChI is InChI=1S/C24H22Cl2N6O2/c1-33-21-8-20(28)16(7-22(21)34-13-17-18(25)11-30-12-19(17)26)23(29)15-6-14(9-27)24(31-10-15)32-4-2-3-5-32/h6-8,10-12,29H,2-5,13,28H2,1H3. The van der Waals surface area contributed by atoms with Crippen molar-refractivity contribution in [2.45, 2.75) is 19.4 Å². The van der Waals surface area contributed by atoms with Crippen LogP contribution in [-0.2, 0) is 6.61 Å². The smallest absolute Gasteiger partial charge is 0.162 e. The maximum Gasteiger partial charge on any atom is 0.162 e. The zero-order chi connectivity index (χ0) is 24.2. The summed E-state index contributed by atoms with van der Waals surface area (Å²) in [5.74, 6) is 1.41. The molecule has 0 spiro atoms. The minimum absolute atomic E-state index is 0.0674. The van der Waals surface area contributed by atoms with Crippen molar-refractivity contribution >= 4 is 40.4 Å². The first-order chi connectivity index (χ1) is 16.4. The molecule has 0 saturated carbocycles. The summed E-state index contributed by atoms with van der Waals surface area (Å²) < 4.78 is 11.4. The number of hydrogen-bond donors (Lipinski definition) is 2. The molecule has 0 aliphatic carbocycles. The Balaban J connectivity index is 1.65. The van der Waals surface area contributed by atoms with Gasteiger partial charge in [0.05, 0.1) is 28.4 Å². The fraction of sp³-hybridized carbons (Fsp3) is 0.250. The summed E-state index contributed by atoms with van der Waals surface area (Å²) >= 11 is 12.4. The second-order valence-corrected chi connectivity index (χ2v) is 8.55. The third-order valence-corrected chi connectivity index (χ3v) is 6.26. The monoisotopic (exact) mass is 496 g/mol. The van der Waals surface area contributed by atoms with Gasteiger partial charge < -0.3 is 20.1 Å². The molecule has 1 aliphatic heterocycles. The van der Waals surface area contributed by atoms with Gasteiger partial charge in [-0.3, -0.25) is 10.4 Å². The first-order valence-corrected chi connectivity index (χ1v) is 11.3. The van der Waals surface area contributed by atoms with Gasteiger partial charge in [-0.15, -0.1) is 0 Å². The number of nitriles is 1. The van der Waals surface area contributed by atoms with Gasteiger partial charge in [0.25, 0.3) is 0 Å². The van der Waals surface area contributed by atoms with E-state index in [1.54, 1.807) is 24.4 Å². The second kappa shape index (κ2) is 10.2. The third-order valence-electron chi connectivity index (χ3n) is 5.61. The summed E-state index contributed by atoms with van der Waals surface area (Å²) in [6.07, 6.45) is 6.71. The van der Waals surface area contributed by atoms with Crippen molar-refractivity contribution in [3.63, 3.8) is 0 Å². The number of hydrogen-bond acceptors (Lipinski definition) is 8. The first kappa shape index (κ1) is 23.6. The first-order valence-electron chi connectivity index (χ1n) is 10.6. The molecule has 174 valence electrons. The van der Waals surface area contributed by atoms with Crippen LogP contribution in [-0.4, -0.2) is 35.9 Å². The molecule has 8 nitrogen and oxygen atoms in total. The summed E-state index contributed by atoms with van der Waals surface area (Å²) in [5.41, 5.74) is 8.58. The zero-order valence-corrected chi connectivity index (χ0v) is 20.0. The SMILES string of the molecule is COc1cc(N)c(C(=N)c2cnc(N3CCCC3)c(C#N)c2)cc1OCc1c(Cl)cncc1Cl. The number of nitrogens with one attached hydrogen (secondary N) is 1. The Kier molecular flexibility index (Phi) is 7.06. The molecule has 4 rings (SSSR count). The van der Waals surface area contributed by atoms with Crippen molar-refractivity contribution in [1.82, 2.24) is 9.97 Å². The lowest BCUT2D eigenvalue weighted by Gasteiger charge is -2.19. The van der Waals surface area contributed by atoms with Gasteiger partial charge in [0.2, 0.25) is 0 Å². The van der Waals surface area contributed by atoms with Crippen LogP contribution in [0.2, 0.25) is 10.0 Å². The minimum atomic E-state index is 0.0674. The van der Waals surface area contributed by atoms with Crippen molar-refractivity contribution in [3.8, 4) is 17.6 Å². The van der Waals surface area contributed by atoms with Gasteiger partial charge in [-0.2, -0.15) is 5.26 Å². The van der Waals surface area contributed by atoms with Gasteiger partial charge in [-0.25, -0.2) is 4.98 Å². The van der Waals surface area contributed by atoms with Crippen molar-refractivity contribution in [2.75, 3.05) is 30.8 Å². The number of nitrogen functional groups attached to an aromatic ring is 1. The van der Waals surface area contributed by atoms with Crippen LogP contribution in [0.4, 0.5) is 11.5 Å². The number of aromatic nitrogens is 2. The highest BCUT2D eigenvalue weighted by Gasteiger charge is 2.20. The average Bonchev–Trinajstić information content (AvgIpc) is 3.38. The molecule has 1 fully saturated rings. The van der Waals surface area contributed by atoms with E-state index in [0.29, 0.717) is 55.3 Å². The number of benzene rings is 1. The average molecular weight is 497 g/mol. The van der Waals surface area contributed by atoms with Crippen LogP contribution in [0.5, 0.6) is 11.5 Å². The van der Waals surface area contributed by atoms with E-state index in [-0.39, 0.29) is 12.3 Å². The maximum atomic E-state index is 9.67. The van der Waals surface area contributed by atoms with E-state index in [9.17, 15) is 5.26 Å². The maximum absolute atomic E-state index is 9.67. The second-order valence-electron chi connectivity index (χ2n) is 7.74. The van der Waals surface area contributed by atoms with Gasteiger partial charge in [0, 0.05) is 60.1 Å². The quantitative estimate of drug-likeness (QED) is 0.354. The van der Waals surface area contributed by atoms with Crippen LogP contribution < -0.4 is 20.1 Å². The van der Waals surface area contributed by atoms with E-state index in [1.165, 1.54) is 19.5 Å². The molecular formula is C24H22Cl2N6O2. The molecule has 34 heavy (non-hydrogen) atoms. The Bertz CT molecular complexity index is 1260. The highest BCUT2D eigenvalue weighted by molar-refractivity contribution is 6.35. The largest absolute Gasteiger partial charge is 0.493 e. The number of rotatable bonds is 7. The Labute approximate surface area is 207 Å². The molecule has 3 aromatic rings. The number of pyridine rings is 2. The Morgan fingerprint density at radius 2 is 1.85 bits per heavy atom. The molecule has 1 saturated heterocycles. The molecule has 1 aromatic carbocycles. The number of halogens is 2. The normalized spacial score (nSPS) is 12.9. The lowest BCUT2D eigenvalue weighted by Crippen LogP contribution is -2.20. The summed E-state index contributed by atoms with van der Waals surface area (Å²) in [6.45, 7) is 1.81. The lowest BCUT2D eigenvalue weighted by atomic mass is 10.00. The molecule has 0 amide bonds. The fourth-order valence-electron chi connectivity index (χ4n) is 3.80. The van der Waals surface area contributed by atoms with E-state index < -0.39 is 0 Å². The van der Waals surface area contributed by atoms with E-state index in [4.69, 9.17) is 43.8 Å². The van der Waals surface area contributed by atoms with Gasteiger partial charge in [0.15, 0.2) is 11.5 Å². The third kappa shape index (κ3) is 4.72. The minimum Gasteiger partial charge on any atom is -0.493 e. The van der Waals surface area contributed by atoms with Crippen molar-refractivity contribution in [2.24, 2.45) is 0 Å². The Morgan fingerprint density at radius 3 is 2.50 bits per heavy atom. The van der Waals surface area contributed by atoms with Crippen molar-refractivity contribution < 1.29 is 9.47 Å². The Hall–Kier alpha value is -3.54. The summed E-state index contributed by atoms with van der Waals surface area (Å²) in [5, 5.41) is 19.2. The molecule has 10 heteroatoms. The molecule has 3 N–H and O–H groups in total. The number of ether oxygens (including phenoxy) is 2. The van der Waals surface area contributed by atoms with Crippen molar-refractivity contribution in [1.29, 1.82) is 10.7 Å². The molecule has 1 aliphatic rings. The highest BCUT2D eigenvalue weighted by Crippen LogP contribution is 2.35.